The molecule has 0 aliphatic carbocycles. The third-order valence-electron chi connectivity index (χ3n) is 4.33. The van der Waals surface area contributed by atoms with Crippen LogP contribution in [0.1, 0.15) is 15.9 Å². The van der Waals surface area contributed by atoms with Gasteiger partial charge in [-0.25, -0.2) is 4.98 Å². The van der Waals surface area contributed by atoms with Crippen LogP contribution in [0.4, 0.5) is 0 Å². The van der Waals surface area contributed by atoms with Crippen molar-refractivity contribution in [3.8, 4) is 0 Å². The van der Waals surface area contributed by atoms with Crippen molar-refractivity contribution >= 4 is 34.2 Å². The number of esters is 1. The van der Waals surface area contributed by atoms with E-state index in [1.54, 1.807) is 12.1 Å². The lowest BCUT2D eigenvalue weighted by molar-refractivity contribution is -0.145. The summed E-state index contributed by atoms with van der Waals surface area (Å²) in [5, 5.41) is 5.33. The van der Waals surface area contributed by atoms with Crippen molar-refractivity contribution in [2.24, 2.45) is 5.92 Å². The third kappa shape index (κ3) is 4.83. The molecule has 1 aromatic heterocycles. The Morgan fingerprint density at radius 1 is 1.11 bits per heavy atom. The standard InChI is InChI=1S/C21H19ClN2O3/c1-27-21(26)18(13-24-20(25)17-8-9-19(22)23-12-17)11-14-6-7-15-4-2-3-5-16(15)10-14/h2-10,12,18H,11,13H2,1H3,(H,24,25). The maximum atomic E-state index is 12.3. The van der Waals surface area contributed by atoms with Crippen LogP contribution in [0, 0.1) is 5.92 Å². The fourth-order valence-corrected chi connectivity index (χ4v) is 3.00. The second-order valence-corrected chi connectivity index (χ2v) is 6.57. The van der Waals surface area contributed by atoms with Gasteiger partial charge in [0.15, 0.2) is 0 Å². The highest BCUT2D eigenvalue weighted by Gasteiger charge is 2.21. The summed E-state index contributed by atoms with van der Waals surface area (Å²) in [7, 11) is 1.35. The Bertz CT molecular complexity index is 957. The van der Waals surface area contributed by atoms with E-state index < -0.39 is 5.92 Å². The van der Waals surface area contributed by atoms with Crippen molar-refractivity contribution in [2.45, 2.75) is 6.42 Å². The zero-order valence-corrected chi connectivity index (χ0v) is 15.6. The molecule has 1 heterocycles. The molecule has 0 saturated heterocycles. The Kier molecular flexibility index (Phi) is 6.04. The molecule has 0 fully saturated rings. The van der Waals surface area contributed by atoms with Crippen molar-refractivity contribution in [3.63, 3.8) is 0 Å². The Balaban J connectivity index is 1.70. The van der Waals surface area contributed by atoms with Crippen LogP contribution in [-0.4, -0.2) is 30.5 Å². The molecule has 1 atom stereocenters. The van der Waals surface area contributed by atoms with Crippen LogP contribution < -0.4 is 5.32 Å². The molecule has 27 heavy (non-hydrogen) atoms. The number of carbonyl (C=O) groups is 2. The molecule has 0 spiro atoms. The second kappa shape index (κ2) is 8.64. The van der Waals surface area contributed by atoms with Crippen LogP contribution in [-0.2, 0) is 16.0 Å². The quantitative estimate of drug-likeness (QED) is 0.522. The first-order valence-electron chi connectivity index (χ1n) is 8.52. The lowest BCUT2D eigenvalue weighted by atomic mass is 9.97. The van der Waals surface area contributed by atoms with Crippen LogP contribution in [0.2, 0.25) is 5.15 Å². The first-order valence-corrected chi connectivity index (χ1v) is 8.90. The van der Waals surface area contributed by atoms with Gasteiger partial charge in [0.1, 0.15) is 5.15 Å². The summed E-state index contributed by atoms with van der Waals surface area (Å²) in [5.74, 6) is -1.16. The number of benzene rings is 2. The molecular formula is C21H19ClN2O3. The van der Waals surface area contributed by atoms with Gasteiger partial charge in [-0.1, -0.05) is 54.1 Å². The molecule has 0 aliphatic rings. The number of nitrogens with one attached hydrogen (secondary N) is 1. The number of methoxy groups -OCH3 is 1. The van der Waals surface area contributed by atoms with Crippen LogP contribution in [0.25, 0.3) is 10.8 Å². The smallest absolute Gasteiger partial charge is 0.310 e. The number of rotatable bonds is 6. The van der Waals surface area contributed by atoms with E-state index in [-0.39, 0.29) is 18.4 Å². The number of hydrogen-bond acceptors (Lipinski definition) is 4. The predicted octanol–water partition coefficient (Wildman–Crippen LogP) is 3.65. The van der Waals surface area contributed by atoms with Crippen molar-refractivity contribution in [1.29, 1.82) is 0 Å². The van der Waals surface area contributed by atoms with Gasteiger partial charge in [0.05, 0.1) is 18.6 Å². The van der Waals surface area contributed by atoms with Gasteiger partial charge >= 0.3 is 5.97 Å². The Hall–Kier alpha value is -2.92. The Morgan fingerprint density at radius 2 is 1.89 bits per heavy atom. The molecule has 0 saturated carbocycles. The summed E-state index contributed by atoms with van der Waals surface area (Å²) < 4.78 is 4.91. The van der Waals surface area contributed by atoms with Gasteiger partial charge in [-0.15, -0.1) is 0 Å². The van der Waals surface area contributed by atoms with Gasteiger partial charge in [-0.3, -0.25) is 9.59 Å². The van der Waals surface area contributed by atoms with E-state index in [1.807, 2.05) is 36.4 Å². The number of amides is 1. The average molecular weight is 383 g/mol. The zero-order chi connectivity index (χ0) is 19.2. The fraction of sp³-hybridized carbons (Fsp3) is 0.190. The molecule has 138 valence electrons. The summed E-state index contributed by atoms with van der Waals surface area (Å²) in [5.41, 5.74) is 1.39. The monoisotopic (exact) mass is 382 g/mol. The number of aromatic nitrogens is 1. The highest BCUT2D eigenvalue weighted by atomic mass is 35.5. The summed E-state index contributed by atoms with van der Waals surface area (Å²) in [4.78, 5) is 28.3. The Labute approximate surface area is 162 Å². The minimum atomic E-state index is -0.486. The zero-order valence-electron chi connectivity index (χ0n) is 14.8. The average Bonchev–Trinajstić information content (AvgIpc) is 2.70. The SMILES string of the molecule is COC(=O)C(CNC(=O)c1ccc(Cl)nc1)Cc1ccc2ccccc2c1. The molecule has 1 unspecified atom stereocenters. The lowest BCUT2D eigenvalue weighted by Crippen LogP contribution is -2.34. The molecule has 6 heteroatoms. The minimum Gasteiger partial charge on any atom is -0.469 e. The van der Waals surface area contributed by atoms with E-state index >= 15 is 0 Å². The van der Waals surface area contributed by atoms with E-state index in [0.29, 0.717) is 17.1 Å². The van der Waals surface area contributed by atoms with Crippen molar-refractivity contribution in [1.82, 2.24) is 10.3 Å². The summed E-state index contributed by atoms with van der Waals surface area (Å²) in [6.45, 7) is 0.168. The fourth-order valence-electron chi connectivity index (χ4n) is 2.88. The number of hydrogen-bond donors (Lipinski definition) is 1. The van der Waals surface area contributed by atoms with Gasteiger partial charge in [0, 0.05) is 12.7 Å². The number of carbonyl (C=O) groups excluding carboxylic acids is 2. The largest absolute Gasteiger partial charge is 0.469 e. The number of nitrogens with zero attached hydrogens (tertiary/aromatic N) is 1. The normalized spacial score (nSPS) is 11.8. The van der Waals surface area contributed by atoms with Crippen LogP contribution in [0.5, 0.6) is 0 Å². The number of ether oxygens (including phenoxy) is 1. The van der Waals surface area contributed by atoms with Crippen LogP contribution >= 0.6 is 11.6 Å². The van der Waals surface area contributed by atoms with E-state index in [4.69, 9.17) is 16.3 Å². The maximum absolute atomic E-state index is 12.3. The summed E-state index contributed by atoms with van der Waals surface area (Å²) in [6.07, 6.45) is 1.87. The van der Waals surface area contributed by atoms with Crippen molar-refractivity contribution < 1.29 is 14.3 Å². The molecule has 0 aliphatic heterocycles. The van der Waals surface area contributed by atoms with Gasteiger partial charge in [-0.2, -0.15) is 0 Å². The molecule has 0 bridgehead atoms. The van der Waals surface area contributed by atoms with E-state index in [1.165, 1.54) is 13.3 Å². The predicted molar refractivity (Wildman–Crippen MR) is 105 cm³/mol. The molecule has 1 N–H and O–H groups in total. The molecule has 1 amide bonds. The van der Waals surface area contributed by atoms with Crippen molar-refractivity contribution in [2.75, 3.05) is 13.7 Å². The topological polar surface area (TPSA) is 68.3 Å². The van der Waals surface area contributed by atoms with Crippen molar-refractivity contribution in [3.05, 3.63) is 77.1 Å². The van der Waals surface area contributed by atoms with Gasteiger partial charge < -0.3 is 10.1 Å². The minimum absolute atomic E-state index is 0.168. The third-order valence-corrected chi connectivity index (χ3v) is 4.55. The molecule has 0 radical (unpaired) electrons. The highest BCUT2D eigenvalue weighted by molar-refractivity contribution is 6.29. The van der Waals surface area contributed by atoms with Crippen LogP contribution in [0.15, 0.2) is 60.8 Å². The Morgan fingerprint density at radius 3 is 2.59 bits per heavy atom. The second-order valence-electron chi connectivity index (χ2n) is 6.19. The van der Waals surface area contributed by atoms with Gasteiger partial charge in [0.2, 0.25) is 0 Å². The van der Waals surface area contributed by atoms with Gasteiger partial charge in [0.25, 0.3) is 5.91 Å². The number of halogens is 1. The maximum Gasteiger partial charge on any atom is 0.310 e. The first-order chi connectivity index (χ1) is 13.1. The van der Waals surface area contributed by atoms with Crippen LogP contribution in [0.3, 0.4) is 0 Å². The highest BCUT2D eigenvalue weighted by Crippen LogP contribution is 2.18. The summed E-state index contributed by atoms with van der Waals surface area (Å²) >= 11 is 5.73. The number of pyridine rings is 1. The van der Waals surface area contributed by atoms with E-state index in [2.05, 4.69) is 16.4 Å². The van der Waals surface area contributed by atoms with E-state index in [9.17, 15) is 9.59 Å². The molecule has 3 rings (SSSR count). The molecule has 3 aromatic rings. The lowest BCUT2D eigenvalue weighted by Gasteiger charge is -2.16. The first kappa shape index (κ1) is 18.9. The molecule has 5 nitrogen and oxygen atoms in total. The summed E-state index contributed by atoms with van der Waals surface area (Å²) in [6, 6.07) is 17.2. The van der Waals surface area contributed by atoms with E-state index in [0.717, 1.165) is 16.3 Å². The number of fused-ring (bicyclic) bond motifs is 1. The molecule has 2 aromatic carbocycles. The molecular weight excluding hydrogens is 364 g/mol. The van der Waals surface area contributed by atoms with Gasteiger partial charge in [-0.05, 0) is 34.9 Å².